The molecule has 1 aliphatic rings. The molecule has 110 valence electrons. The highest BCUT2D eigenvalue weighted by molar-refractivity contribution is 7.80. The molecule has 0 unspecified atom stereocenters. The van der Waals surface area contributed by atoms with Gasteiger partial charge >= 0.3 is 0 Å². The minimum Gasteiger partial charge on any atom is -0.391 e. The third kappa shape index (κ3) is 3.27. The lowest BCUT2D eigenvalue weighted by molar-refractivity contribution is 0.0901. The number of hydrogen-bond donors (Lipinski definition) is 2. The van der Waals surface area contributed by atoms with Crippen molar-refractivity contribution in [2.75, 3.05) is 0 Å². The van der Waals surface area contributed by atoms with Gasteiger partial charge in [-0.1, -0.05) is 42.3 Å². The van der Waals surface area contributed by atoms with Crippen LogP contribution in [0.15, 0.2) is 6.07 Å². The summed E-state index contributed by atoms with van der Waals surface area (Å²) in [6.45, 7) is 2.20. The average Bonchev–Trinajstić information content (AvgIpc) is 2.71. The molecule has 1 aliphatic carbocycles. The number of thiophene rings is 1. The number of rotatable bonds is 3. The van der Waals surface area contributed by atoms with Crippen LogP contribution < -0.4 is 11.1 Å². The molecule has 0 saturated heterocycles. The van der Waals surface area contributed by atoms with Crippen molar-refractivity contribution in [3.63, 3.8) is 0 Å². The molecule has 0 radical (unpaired) electrons. The van der Waals surface area contributed by atoms with E-state index in [4.69, 9.17) is 41.2 Å². The number of nitrogens with one attached hydrogen (secondary N) is 1. The summed E-state index contributed by atoms with van der Waals surface area (Å²) >= 11 is 18.2. The van der Waals surface area contributed by atoms with Crippen LogP contribution in [0.4, 0.5) is 0 Å². The Hall–Kier alpha value is -0.360. The van der Waals surface area contributed by atoms with Gasteiger partial charge in [0, 0.05) is 0 Å². The molecule has 2 rings (SSSR count). The number of hydrogen-bond acceptors (Lipinski definition) is 3. The van der Waals surface area contributed by atoms with E-state index in [1.54, 1.807) is 6.07 Å². The lowest BCUT2D eigenvalue weighted by Gasteiger charge is -2.39. The molecule has 7 heteroatoms. The Morgan fingerprint density at radius 3 is 2.55 bits per heavy atom. The van der Waals surface area contributed by atoms with Gasteiger partial charge in [-0.3, -0.25) is 4.79 Å². The van der Waals surface area contributed by atoms with E-state index in [0.29, 0.717) is 25.1 Å². The van der Waals surface area contributed by atoms with Crippen molar-refractivity contribution in [3.05, 3.63) is 20.3 Å². The van der Waals surface area contributed by atoms with Crippen molar-refractivity contribution in [3.8, 4) is 0 Å². The fourth-order valence-corrected chi connectivity index (χ4v) is 4.18. The Morgan fingerprint density at radius 1 is 1.50 bits per heavy atom. The molecule has 1 aromatic rings. The lowest BCUT2D eigenvalue weighted by Crippen LogP contribution is -2.58. The first kappa shape index (κ1) is 16.0. The second kappa shape index (κ2) is 6.18. The first-order chi connectivity index (χ1) is 9.34. The maximum absolute atomic E-state index is 12.4. The van der Waals surface area contributed by atoms with Gasteiger partial charge < -0.3 is 11.1 Å². The van der Waals surface area contributed by atoms with Gasteiger partial charge in [-0.05, 0) is 37.7 Å². The predicted molar refractivity (Wildman–Crippen MR) is 89.0 cm³/mol. The number of carbonyl (C=O) groups excluding carboxylic acids is 1. The van der Waals surface area contributed by atoms with Crippen molar-refractivity contribution in [2.24, 2.45) is 11.7 Å². The Bertz CT molecular complexity index is 536. The van der Waals surface area contributed by atoms with Crippen molar-refractivity contribution in [1.82, 2.24) is 5.32 Å². The van der Waals surface area contributed by atoms with E-state index in [2.05, 4.69) is 12.2 Å². The fourth-order valence-electron chi connectivity index (χ4n) is 2.47. The molecule has 3 N–H and O–H groups in total. The summed E-state index contributed by atoms with van der Waals surface area (Å²) < 4.78 is 0.872. The van der Waals surface area contributed by atoms with Crippen LogP contribution in [0.3, 0.4) is 0 Å². The predicted octanol–water partition coefficient (Wildman–Crippen LogP) is 4.02. The molecular formula is C13H16Cl2N2OS2. The smallest absolute Gasteiger partial charge is 0.254 e. The summed E-state index contributed by atoms with van der Waals surface area (Å²) in [6, 6.07) is 1.57. The van der Waals surface area contributed by atoms with E-state index in [0.717, 1.165) is 25.7 Å². The normalized spacial score (nSPS) is 26.2. The highest BCUT2D eigenvalue weighted by Gasteiger charge is 2.38. The van der Waals surface area contributed by atoms with Gasteiger partial charge in [-0.2, -0.15) is 0 Å². The Labute approximate surface area is 137 Å². The van der Waals surface area contributed by atoms with Crippen LogP contribution in [-0.4, -0.2) is 16.4 Å². The lowest BCUT2D eigenvalue weighted by atomic mass is 9.77. The van der Waals surface area contributed by atoms with Crippen LogP contribution in [0.2, 0.25) is 8.67 Å². The van der Waals surface area contributed by atoms with Gasteiger partial charge in [0.2, 0.25) is 0 Å². The van der Waals surface area contributed by atoms with Crippen molar-refractivity contribution < 1.29 is 4.79 Å². The molecule has 1 saturated carbocycles. The highest BCUT2D eigenvalue weighted by Crippen LogP contribution is 2.35. The Kier molecular flexibility index (Phi) is 4.95. The fraction of sp³-hybridized carbons (Fsp3) is 0.538. The van der Waals surface area contributed by atoms with E-state index in [-0.39, 0.29) is 5.91 Å². The Balaban J connectivity index is 2.19. The molecule has 0 aliphatic heterocycles. The van der Waals surface area contributed by atoms with Gasteiger partial charge in [0.1, 0.15) is 4.34 Å². The SMILES string of the molecule is CC1CCC(NC(=O)c2cc(Cl)sc2Cl)(C(N)=S)CC1. The summed E-state index contributed by atoms with van der Waals surface area (Å²) in [6.07, 6.45) is 3.53. The van der Waals surface area contributed by atoms with Crippen LogP contribution in [0, 0.1) is 5.92 Å². The summed E-state index contributed by atoms with van der Waals surface area (Å²) in [4.78, 5) is 12.7. The van der Waals surface area contributed by atoms with Crippen LogP contribution in [0.5, 0.6) is 0 Å². The molecule has 1 heterocycles. The largest absolute Gasteiger partial charge is 0.391 e. The van der Waals surface area contributed by atoms with E-state index in [1.165, 1.54) is 11.3 Å². The standard InChI is InChI=1S/C13H16Cl2N2OS2/c1-7-2-4-13(5-3-7,12(16)19)17-11(18)8-6-9(14)20-10(8)15/h6-7H,2-5H2,1H3,(H2,16,19)(H,17,18). The molecule has 20 heavy (non-hydrogen) atoms. The van der Waals surface area contributed by atoms with Gasteiger partial charge in [0.15, 0.2) is 0 Å². The minimum absolute atomic E-state index is 0.263. The van der Waals surface area contributed by atoms with Crippen LogP contribution in [-0.2, 0) is 0 Å². The van der Waals surface area contributed by atoms with E-state index < -0.39 is 5.54 Å². The van der Waals surface area contributed by atoms with Gasteiger partial charge in [-0.15, -0.1) is 11.3 Å². The number of thiocarbonyl (C=S) groups is 1. The maximum Gasteiger partial charge on any atom is 0.254 e. The third-order valence-corrected chi connectivity index (χ3v) is 5.73. The second-order valence-electron chi connectivity index (χ2n) is 5.32. The third-order valence-electron chi connectivity index (χ3n) is 3.85. The monoisotopic (exact) mass is 350 g/mol. The van der Waals surface area contributed by atoms with Gasteiger partial charge in [-0.25, -0.2) is 0 Å². The zero-order chi connectivity index (χ0) is 14.9. The number of carbonyl (C=O) groups is 1. The van der Waals surface area contributed by atoms with E-state index in [9.17, 15) is 4.79 Å². The molecule has 1 fully saturated rings. The van der Waals surface area contributed by atoms with Crippen molar-refractivity contribution in [2.45, 2.75) is 38.1 Å². The van der Waals surface area contributed by atoms with Gasteiger partial charge in [0.05, 0.1) is 20.4 Å². The topological polar surface area (TPSA) is 55.1 Å². The van der Waals surface area contributed by atoms with Crippen molar-refractivity contribution >= 4 is 57.7 Å². The molecule has 1 amide bonds. The van der Waals surface area contributed by atoms with E-state index >= 15 is 0 Å². The van der Waals surface area contributed by atoms with Crippen LogP contribution in [0.25, 0.3) is 0 Å². The maximum atomic E-state index is 12.4. The van der Waals surface area contributed by atoms with Crippen molar-refractivity contribution in [1.29, 1.82) is 0 Å². The summed E-state index contributed by atoms with van der Waals surface area (Å²) in [5.41, 5.74) is 5.66. The molecular weight excluding hydrogens is 335 g/mol. The van der Waals surface area contributed by atoms with E-state index in [1.807, 2.05) is 0 Å². The first-order valence-corrected chi connectivity index (χ1v) is 8.39. The quantitative estimate of drug-likeness (QED) is 0.809. The number of amides is 1. The highest BCUT2D eigenvalue weighted by atomic mass is 35.5. The zero-order valence-corrected chi connectivity index (χ0v) is 14.2. The number of halogens is 2. The molecule has 3 nitrogen and oxygen atoms in total. The van der Waals surface area contributed by atoms with Gasteiger partial charge in [0.25, 0.3) is 5.91 Å². The Morgan fingerprint density at radius 2 is 2.10 bits per heavy atom. The molecule has 0 aromatic carbocycles. The second-order valence-corrected chi connectivity index (χ2v) is 8.05. The molecule has 0 bridgehead atoms. The molecule has 0 atom stereocenters. The van der Waals surface area contributed by atoms with Crippen LogP contribution in [0.1, 0.15) is 43.0 Å². The van der Waals surface area contributed by atoms with Crippen LogP contribution >= 0.6 is 46.8 Å². The first-order valence-electron chi connectivity index (χ1n) is 6.41. The number of nitrogens with two attached hydrogens (primary N) is 1. The molecule has 1 aromatic heterocycles. The minimum atomic E-state index is -0.601. The zero-order valence-electron chi connectivity index (χ0n) is 11.0. The average molecular weight is 351 g/mol. The summed E-state index contributed by atoms with van der Waals surface area (Å²) in [5.74, 6) is 0.370. The molecule has 0 spiro atoms. The summed E-state index contributed by atoms with van der Waals surface area (Å²) in [7, 11) is 0. The summed E-state index contributed by atoms with van der Waals surface area (Å²) in [5, 5.41) is 2.98.